The van der Waals surface area contributed by atoms with Crippen molar-refractivity contribution in [1.29, 1.82) is 5.26 Å². The standard InChI is InChI=1S/C26H23ClN6O3/c1-3-13-32-25(34)14-23(33(26(32)35)16-18-7-9-19(27)10-8-18)31-22-12-11-21(17(2)29-22)36-24-6-4-5-20(15-28)30-24/h4-12,14H,3,13,16H2,1-2H3,(H,29,31). The number of aryl methyl sites for hydroxylation is 1. The zero-order valence-electron chi connectivity index (χ0n) is 19.7. The van der Waals surface area contributed by atoms with Crippen LogP contribution in [0.25, 0.3) is 0 Å². The van der Waals surface area contributed by atoms with E-state index in [1.54, 1.807) is 49.4 Å². The molecule has 1 aromatic carbocycles. The second kappa shape index (κ2) is 10.9. The van der Waals surface area contributed by atoms with Gasteiger partial charge < -0.3 is 10.1 Å². The summed E-state index contributed by atoms with van der Waals surface area (Å²) >= 11 is 6.00. The van der Waals surface area contributed by atoms with Crippen LogP contribution in [0.4, 0.5) is 11.6 Å². The number of halogens is 1. The van der Waals surface area contributed by atoms with E-state index in [-0.39, 0.29) is 18.1 Å². The van der Waals surface area contributed by atoms with Gasteiger partial charge in [0.15, 0.2) is 5.75 Å². The van der Waals surface area contributed by atoms with E-state index in [4.69, 9.17) is 21.6 Å². The van der Waals surface area contributed by atoms with Crippen LogP contribution in [-0.2, 0) is 13.1 Å². The molecule has 0 spiro atoms. The molecule has 4 rings (SSSR count). The minimum Gasteiger partial charge on any atom is -0.437 e. The molecule has 36 heavy (non-hydrogen) atoms. The van der Waals surface area contributed by atoms with E-state index in [1.807, 2.05) is 25.1 Å². The fourth-order valence-corrected chi connectivity index (χ4v) is 3.70. The molecule has 0 aliphatic rings. The molecule has 0 atom stereocenters. The lowest BCUT2D eigenvalue weighted by atomic mass is 10.2. The third-order valence-corrected chi connectivity index (χ3v) is 5.58. The molecule has 9 nitrogen and oxygen atoms in total. The largest absolute Gasteiger partial charge is 0.437 e. The first kappa shape index (κ1) is 24.7. The summed E-state index contributed by atoms with van der Waals surface area (Å²) in [5.41, 5.74) is 0.841. The Labute approximate surface area is 212 Å². The topological polar surface area (TPSA) is 115 Å². The summed E-state index contributed by atoms with van der Waals surface area (Å²) in [5, 5.41) is 12.7. The van der Waals surface area contributed by atoms with Crippen molar-refractivity contribution in [1.82, 2.24) is 19.1 Å². The Balaban J connectivity index is 1.66. The summed E-state index contributed by atoms with van der Waals surface area (Å²) in [6.07, 6.45) is 0.650. The van der Waals surface area contributed by atoms with Crippen LogP contribution in [0.5, 0.6) is 11.6 Å². The molecule has 0 amide bonds. The molecule has 0 fully saturated rings. The second-order valence-electron chi connectivity index (χ2n) is 7.99. The molecule has 3 aromatic heterocycles. The molecule has 1 N–H and O–H groups in total. The second-order valence-corrected chi connectivity index (χ2v) is 8.43. The lowest BCUT2D eigenvalue weighted by molar-refractivity contribution is 0.456. The highest BCUT2D eigenvalue weighted by molar-refractivity contribution is 6.30. The first-order valence-electron chi connectivity index (χ1n) is 11.3. The molecule has 0 bridgehead atoms. The number of ether oxygens (including phenoxy) is 1. The van der Waals surface area contributed by atoms with E-state index < -0.39 is 11.2 Å². The van der Waals surface area contributed by atoms with Crippen LogP contribution >= 0.6 is 11.6 Å². The average Bonchev–Trinajstić information content (AvgIpc) is 2.87. The zero-order valence-corrected chi connectivity index (χ0v) is 20.5. The van der Waals surface area contributed by atoms with Crippen molar-refractivity contribution in [2.75, 3.05) is 5.32 Å². The molecule has 0 radical (unpaired) electrons. The maximum atomic E-state index is 13.2. The maximum Gasteiger partial charge on any atom is 0.332 e. The van der Waals surface area contributed by atoms with Crippen molar-refractivity contribution in [3.8, 4) is 17.7 Å². The van der Waals surface area contributed by atoms with Gasteiger partial charge in [-0.3, -0.25) is 13.9 Å². The van der Waals surface area contributed by atoms with E-state index in [0.717, 1.165) is 5.56 Å². The first-order chi connectivity index (χ1) is 17.4. The Bertz CT molecular complexity index is 1550. The number of hydrogen-bond acceptors (Lipinski definition) is 7. The minimum absolute atomic E-state index is 0.239. The summed E-state index contributed by atoms with van der Waals surface area (Å²) in [7, 11) is 0. The van der Waals surface area contributed by atoms with Crippen LogP contribution in [0.1, 0.15) is 30.3 Å². The average molecular weight is 503 g/mol. The van der Waals surface area contributed by atoms with Crippen molar-refractivity contribution in [3.05, 3.63) is 103 Å². The van der Waals surface area contributed by atoms with E-state index in [9.17, 15) is 9.59 Å². The zero-order chi connectivity index (χ0) is 25.7. The molecule has 182 valence electrons. The van der Waals surface area contributed by atoms with Crippen LogP contribution in [-0.4, -0.2) is 19.1 Å². The lowest BCUT2D eigenvalue weighted by Gasteiger charge is -2.17. The Morgan fingerprint density at radius 2 is 1.83 bits per heavy atom. The number of nitrogens with one attached hydrogen (secondary N) is 1. The number of pyridine rings is 2. The van der Waals surface area contributed by atoms with E-state index in [0.29, 0.717) is 41.1 Å². The van der Waals surface area contributed by atoms with Gasteiger partial charge in [0, 0.05) is 23.7 Å². The van der Waals surface area contributed by atoms with Gasteiger partial charge in [0.1, 0.15) is 23.4 Å². The molecule has 10 heteroatoms. The number of nitriles is 1. The molecule has 0 unspecified atom stereocenters. The Hall–Kier alpha value is -4.42. The highest BCUT2D eigenvalue weighted by atomic mass is 35.5. The highest BCUT2D eigenvalue weighted by Crippen LogP contribution is 2.25. The van der Waals surface area contributed by atoms with Crippen LogP contribution in [0.3, 0.4) is 0 Å². The van der Waals surface area contributed by atoms with Crippen LogP contribution in [0, 0.1) is 18.3 Å². The van der Waals surface area contributed by atoms with Gasteiger partial charge in [-0.15, -0.1) is 0 Å². The molecule has 0 aliphatic carbocycles. The summed E-state index contributed by atoms with van der Waals surface area (Å²) in [6, 6.07) is 18.8. The molecule has 3 heterocycles. The summed E-state index contributed by atoms with van der Waals surface area (Å²) < 4.78 is 8.50. The third kappa shape index (κ3) is 5.62. The SMILES string of the molecule is CCCn1c(=O)cc(Nc2ccc(Oc3cccc(C#N)n3)c(C)n2)n(Cc2ccc(Cl)cc2)c1=O. The van der Waals surface area contributed by atoms with Crippen molar-refractivity contribution < 1.29 is 4.74 Å². The number of aromatic nitrogens is 4. The number of hydrogen-bond donors (Lipinski definition) is 1. The first-order valence-corrected chi connectivity index (χ1v) is 11.6. The smallest absolute Gasteiger partial charge is 0.332 e. The van der Waals surface area contributed by atoms with Gasteiger partial charge in [-0.05, 0) is 49.2 Å². The minimum atomic E-state index is -0.415. The molecular formula is C26H23ClN6O3. The van der Waals surface area contributed by atoms with Gasteiger partial charge in [0.25, 0.3) is 5.56 Å². The van der Waals surface area contributed by atoms with Gasteiger partial charge in [0.2, 0.25) is 5.88 Å². The van der Waals surface area contributed by atoms with Crippen LogP contribution < -0.4 is 21.3 Å². The number of anilines is 2. The molecular weight excluding hydrogens is 480 g/mol. The normalized spacial score (nSPS) is 10.6. The van der Waals surface area contributed by atoms with E-state index >= 15 is 0 Å². The van der Waals surface area contributed by atoms with Gasteiger partial charge in [-0.25, -0.2) is 14.8 Å². The van der Waals surface area contributed by atoms with Gasteiger partial charge >= 0.3 is 5.69 Å². The van der Waals surface area contributed by atoms with Crippen molar-refractivity contribution in [3.63, 3.8) is 0 Å². The third-order valence-electron chi connectivity index (χ3n) is 5.33. The fourth-order valence-electron chi connectivity index (χ4n) is 3.58. The van der Waals surface area contributed by atoms with Gasteiger partial charge in [-0.1, -0.05) is 36.7 Å². The molecule has 0 aliphatic heterocycles. The summed E-state index contributed by atoms with van der Waals surface area (Å²) in [6.45, 7) is 4.23. The Morgan fingerprint density at radius 3 is 2.53 bits per heavy atom. The monoisotopic (exact) mass is 502 g/mol. The quantitative estimate of drug-likeness (QED) is 0.373. The Kier molecular flexibility index (Phi) is 7.47. The van der Waals surface area contributed by atoms with E-state index in [1.165, 1.54) is 15.2 Å². The lowest BCUT2D eigenvalue weighted by Crippen LogP contribution is -2.40. The summed E-state index contributed by atoms with van der Waals surface area (Å²) in [4.78, 5) is 34.5. The maximum absolute atomic E-state index is 13.2. The van der Waals surface area contributed by atoms with Crippen LogP contribution in [0.15, 0.2) is 70.3 Å². The highest BCUT2D eigenvalue weighted by Gasteiger charge is 2.14. The number of benzene rings is 1. The number of rotatable bonds is 8. The van der Waals surface area contributed by atoms with Crippen LogP contribution in [0.2, 0.25) is 5.02 Å². The molecule has 0 saturated carbocycles. The summed E-state index contributed by atoms with van der Waals surface area (Å²) in [5.74, 6) is 1.47. The van der Waals surface area contributed by atoms with Gasteiger partial charge in [-0.2, -0.15) is 5.26 Å². The van der Waals surface area contributed by atoms with Crippen molar-refractivity contribution in [2.24, 2.45) is 0 Å². The molecule has 0 saturated heterocycles. The molecule has 4 aromatic rings. The predicted molar refractivity (Wildman–Crippen MR) is 137 cm³/mol. The van der Waals surface area contributed by atoms with E-state index in [2.05, 4.69) is 15.3 Å². The van der Waals surface area contributed by atoms with Crippen molar-refractivity contribution in [2.45, 2.75) is 33.4 Å². The van der Waals surface area contributed by atoms with Gasteiger partial charge in [0.05, 0.1) is 12.2 Å². The predicted octanol–water partition coefficient (Wildman–Crippen LogP) is 4.63. The fraction of sp³-hybridized carbons (Fsp3) is 0.192. The Morgan fingerprint density at radius 1 is 1.06 bits per heavy atom. The number of nitrogens with zero attached hydrogens (tertiary/aromatic N) is 5. The van der Waals surface area contributed by atoms with Crippen molar-refractivity contribution >= 4 is 23.2 Å².